The number of benzene rings is 1. The fourth-order valence-electron chi connectivity index (χ4n) is 2.00. The Bertz CT molecular complexity index is 667. The summed E-state index contributed by atoms with van der Waals surface area (Å²) in [6.07, 6.45) is 0. The van der Waals surface area contributed by atoms with Crippen molar-refractivity contribution < 1.29 is 4.79 Å². The molecule has 0 unspecified atom stereocenters. The molecule has 0 aliphatic rings. The SMILES string of the molecule is Cc1nc(C)c(CNc2cc(Cl)ccc2C(=O)N(C)C)s1. The molecule has 1 N–H and O–H groups in total. The molecule has 2 aromatic rings. The Labute approximate surface area is 133 Å². The molecule has 1 aromatic heterocycles. The lowest BCUT2D eigenvalue weighted by Crippen LogP contribution is -2.23. The molecule has 0 aliphatic heterocycles. The van der Waals surface area contributed by atoms with Crippen LogP contribution in [0.15, 0.2) is 18.2 Å². The van der Waals surface area contributed by atoms with Gasteiger partial charge in [0.15, 0.2) is 0 Å². The van der Waals surface area contributed by atoms with Crippen molar-refractivity contribution in [1.29, 1.82) is 0 Å². The zero-order chi connectivity index (χ0) is 15.6. The molecule has 0 spiro atoms. The van der Waals surface area contributed by atoms with Crippen LogP contribution in [-0.2, 0) is 6.54 Å². The number of halogens is 1. The van der Waals surface area contributed by atoms with Gasteiger partial charge < -0.3 is 10.2 Å². The number of hydrogen-bond acceptors (Lipinski definition) is 4. The van der Waals surface area contributed by atoms with Crippen molar-refractivity contribution in [3.8, 4) is 0 Å². The molecule has 21 heavy (non-hydrogen) atoms. The quantitative estimate of drug-likeness (QED) is 0.932. The fraction of sp³-hybridized carbons (Fsp3) is 0.333. The van der Waals surface area contributed by atoms with Gasteiger partial charge in [-0.15, -0.1) is 11.3 Å². The van der Waals surface area contributed by atoms with Crippen LogP contribution >= 0.6 is 22.9 Å². The zero-order valence-corrected chi connectivity index (χ0v) is 14.1. The molecule has 112 valence electrons. The Morgan fingerprint density at radius 3 is 2.67 bits per heavy atom. The first kappa shape index (κ1) is 15.8. The predicted molar refractivity (Wildman–Crippen MR) is 88.4 cm³/mol. The minimum Gasteiger partial charge on any atom is -0.379 e. The van der Waals surface area contributed by atoms with Gasteiger partial charge in [-0.1, -0.05) is 11.6 Å². The summed E-state index contributed by atoms with van der Waals surface area (Å²) < 4.78 is 0. The minimum atomic E-state index is -0.0497. The Morgan fingerprint density at radius 1 is 1.38 bits per heavy atom. The second-order valence-corrected chi connectivity index (χ2v) is 6.71. The van der Waals surface area contributed by atoms with E-state index in [1.807, 2.05) is 13.8 Å². The van der Waals surface area contributed by atoms with Crippen molar-refractivity contribution in [1.82, 2.24) is 9.88 Å². The number of nitrogens with one attached hydrogen (secondary N) is 1. The maximum Gasteiger partial charge on any atom is 0.255 e. The number of rotatable bonds is 4. The molecule has 0 atom stereocenters. The molecule has 1 amide bonds. The molecule has 0 saturated heterocycles. The van der Waals surface area contributed by atoms with Crippen LogP contribution in [0.3, 0.4) is 0 Å². The molecule has 4 nitrogen and oxygen atoms in total. The third-order valence-corrected chi connectivity index (χ3v) is 4.37. The van der Waals surface area contributed by atoms with E-state index in [9.17, 15) is 4.79 Å². The average Bonchev–Trinajstić information content (AvgIpc) is 2.74. The number of amides is 1. The van der Waals surface area contributed by atoms with Gasteiger partial charge >= 0.3 is 0 Å². The largest absolute Gasteiger partial charge is 0.379 e. The maximum atomic E-state index is 12.2. The molecular formula is C15H18ClN3OS. The molecule has 1 heterocycles. The number of thiazole rings is 1. The normalized spacial score (nSPS) is 10.5. The van der Waals surface area contributed by atoms with Crippen LogP contribution in [-0.4, -0.2) is 29.9 Å². The first-order valence-corrected chi connectivity index (χ1v) is 7.76. The van der Waals surface area contributed by atoms with E-state index in [1.54, 1.807) is 48.5 Å². The lowest BCUT2D eigenvalue weighted by atomic mass is 10.1. The first-order chi connectivity index (χ1) is 9.88. The van der Waals surface area contributed by atoms with Crippen LogP contribution in [0.2, 0.25) is 5.02 Å². The predicted octanol–water partition coefficient (Wildman–Crippen LogP) is 3.73. The van der Waals surface area contributed by atoms with Crippen molar-refractivity contribution in [3.05, 3.63) is 44.4 Å². The summed E-state index contributed by atoms with van der Waals surface area (Å²) in [6, 6.07) is 5.25. The highest BCUT2D eigenvalue weighted by Gasteiger charge is 2.14. The molecule has 0 aliphatic carbocycles. The summed E-state index contributed by atoms with van der Waals surface area (Å²) in [7, 11) is 3.47. The smallest absolute Gasteiger partial charge is 0.255 e. The molecule has 0 fully saturated rings. The summed E-state index contributed by atoms with van der Waals surface area (Å²) >= 11 is 7.70. The highest BCUT2D eigenvalue weighted by atomic mass is 35.5. The molecule has 2 rings (SSSR count). The van der Waals surface area contributed by atoms with Crippen LogP contribution < -0.4 is 5.32 Å². The van der Waals surface area contributed by atoms with E-state index >= 15 is 0 Å². The van der Waals surface area contributed by atoms with Crippen molar-refractivity contribution in [3.63, 3.8) is 0 Å². The van der Waals surface area contributed by atoms with Gasteiger partial charge in [0.25, 0.3) is 5.91 Å². The van der Waals surface area contributed by atoms with Crippen LogP contribution in [0.4, 0.5) is 5.69 Å². The van der Waals surface area contributed by atoms with E-state index in [2.05, 4.69) is 10.3 Å². The van der Waals surface area contributed by atoms with Crippen molar-refractivity contribution in [2.45, 2.75) is 20.4 Å². The number of aryl methyl sites for hydroxylation is 2. The van der Waals surface area contributed by atoms with Gasteiger partial charge in [0.1, 0.15) is 0 Å². The molecule has 6 heteroatoms. The maximum absolute atomic E-state index is 12.2. The Balaban J connectivity index is 2.24. The lowest BCUT2D eigenvalue weighted by Gasteiger charge is -2.15. The van der Waals surface area contributed by atoms with Gasteiger partial charge in [-0.25, -0.2) is 4.98 Å². The topological polar surface area (TPSA) is 45.2 Å². The molecule has 0 bridgehead atoms. The molecule has 0 radical (unpaired) electrons. The van der Waals surface area contributed by atoms with Crippen LogP contribution in [0.25, 0.3) is 0 Å². The number of aromatic nitrogens is 1. The van der Waals surface area contributed by atoms with E-state index in [0.717, 1.165) is 21.3 Å². The molecular weight excluding hydrogens is 306 g/mol. The van der Waals surface area contributed by atoms with Crippen LogP contribution in [0.1, 0.15) is 25.9 Å². The third-order valence-electron chi connectivity index (χ3n) is 3.06. The van der Waals surface area contributed by atoms with Gasteiger partial charge in [-0.05, 0) is 32.0 Å². The Kier molecular flexibility index (Phi) is 4.85. The number of hydrogen-bond donors (Lipinski definition) is 1. The summed E-state index contributed by atoms with van der Waals surface area (Å²) in [4.78, 5) is 19.3. The standard InChI is InChI=1S/C15H18ClN3OS/c1-9-14(21-10(2)18-9)8-17-13-7-11(16)5-6-12(13)15(20)19(3)4/h5-7,17H,8H2,1-4H3. The van der Waals surface area contributed by atoms with Gasteiger partial charge in [0, 0.05) is 29.7 Å². The zero-order valence-electron chi connectivity index (χ0n) is 12.5. The van der Waals surface area contributed by atoms with E-state index in [-0.39, 0.29) is 5.91 Å². The van der Waals surface area contributed by atoms with Gasteiger partial charge in [0.05, 0.1) is 22.8 Å². The Morgan fingerprint density at radius 2 is 2.10 bits per heavy atom. The molecule has 1 aromatic carbocycles. The average molecular weight is 324 g/mol. The summed E-state index contributed by atoms with van der Waals surface area (Å²) in [5, 5.41) is 4.94. The van der Waals surface area contributed by atoms with E-state index in [1.165, 1.54) is 0 Å². The Hall–Kier alpha value is -1.59. The van der Waals surface area contributed by atoms with Crippen molar-refractivity contribution in [2.75, 3.05) is 19.4 Å². The van der Waals surface area contributed by atoms with E-state index in [4.69, 9.17) is 11.6 Å². The second-order valence-electron chi connectivity index (χ2n) is 4.98. The van der Waals surface area contributed by atoms with Crippen LogP contribution in [0, 0.1) is 13.8 Å². The van der Waals surface area contributed by atoms with Gasteiger partial charge in [0.2, 0.25) is 0 Å². The minimum absolute atomic E-state index is 0.0497. The summed E-state index contributed by atoms with van der Waals surface area (Å²) in [5.74, 6) is -0.0497. The first-order valence-electron chi connectivity index (χ1n) is 6.56. The third kappa shape index (κ3) is 3.74. The van der Waals surface area contributed by atoms with E-state index < -0.39 is 0 Å². The van der Waals surface area contributed by atoms with Crippen molar-refractivity contribution >= 4 is 34.5 Å². The summed E-state index contributed by atoms with van der Waals surface area (Å²) in [5.41, 5.74) is 2.38. The number of carbonyl (C=O) groups is 1. The highest BCUT2D eigenvalue weighted by Crippen LogP contribution is 2.24. The molecule has 0 saturated carbocycles. The lowest BCUT2D eigenvalue weighted by molar-refractivity contribution is 0.0828. The van der Waals surface area contributed by atoms with Gasteiger partial charge in [-0.3, -0.25) is 4.79 Å². The highest BCUT2D eigenvalue weighted by molar-refractivity contribution is 7.11. The van der Waals surface area contributed by atoms with E-state index in [0.29, 0.717) is 17.1 Å². The monoisotopic (exact) mass is 323 g/mol. The van der Waals surface area contributed by atoms with Crippen molar-refractivity contribution in [2.24, 2.45) is 0 Å². The van der Waals surface area contributed by atoms with Crippen LogP contribution in [0.5, 0.6) is 0 Å². The fourth-order valence-corrected chi connectivity index (χ4v) is 3.05. The number of nitrogens with zero attached hydrogens (tertiary/aromatic N) is 2. The van der Waals surface area contributed by atoms with Gasteiger partial charge in [-0.2, -0.15) is 0 Å². The number of carbonyl (C=O) groups excluding carboxylic acids is 1. The second kappa shape index (κ2) is 6.45. The summed E-state index contributed by atoms with van der Waals surface area (Å²) in [6.45, 7) is 4.61. The number of anilines is 1.